The number of nitrogens with zero attached hydrogens (tertiary/aromatic N) is 1. The monoisotopic (exact) mass is 317 g/mol. The maximum absolute atomic E-state index is 12.0. The Balaban J connectivity index is 1.56. The Hall–Kier alpha value is -1.76. The molecule has 116 valence electrons. The van der Waals surface area contributed by atoms with Gasteiger partial charge in [0.05, 0.1) is 12.1 Å². The number of β-amino-alcohol motifs (C(OH)–C–C–N with tert-alkyl or cyclic N) is 1. The van der Waals surface area contributed by atoms with Crippen LogP contribution in [0, 0.1) is 6.92 Å². The lowest BCUT2D eigenvalue weighted by molar-refractivity contribution is -0.123. The number of aromatic nitrogens is 1. The molecular formula is C16H19N3O2S. The minimum absolute atomic E-state index is 0.0591. The number of carbonyl (C=O) groups is 1. The molecular weight excluding hydrogens is 298 g/mol. The van der Waals surface area contributed by atoms with Crippen LogP contribution in [-0.4, -0.2) is 34.7 Å². The molecule has 5 nitrogen and oxygen atoms in total. The van der Waals surface area contributed by atoms with Gasteiger partial charge in [-0.2, -0.15) is 0 Å². The molecule has 0 bridgehead atoms. The Morgan fingerprint density at radius 3 is 2.82 bits per heavy atom. The summed E-state index contributed by atoms with van der Waals surface area (Å²) in [5.41, 5.74) is 3.17. The Labute approximate surface area is 133 Å². The second kappa shape index (κ2) is 6.56. The summed E-state index contributed by atoms with van der Waals surface area (Å²) in [7, 11) is 0. The fourth-order valence-electron chi connectivity index (χ4n) is 2.48. The number of aliphatic hydroxyl groups is 1. The van der Waals surface area contributed by atoms with Crippen molar-refractivity contribution >= 4 is 17.2 Å². The summed E-state index contributed by atoms with van der Waals surface area (Å²) >= 11 is 1.63. The van der Waals surface area contributed by atoms with Crippen molar-refractivity contribution in [3.05, 3.63) is 40.9 Å². The van der Waals surface area contributed by atoms with E-state index >= 15 is 0 Å². The van der Waals surface area contributed by atoms with Crippen LogP contribution in [0.15, 0.2) is 29.6 Å². The number of thiazole rings is 1. The second-order valence-corrected chi connectivity index (χ2v) is 6.42. The first kappa shape index (κ1) is 15.1. The molecule has 1 aromatic heterocycles. The molecule has 6 heteroatoms. The molecule has 3 rings (SSSR count). The van der Waals surface area contributed by atoms with E-state index in [1.807, 2.05) is 36.6 Å². The number of rotatable bonds is 4. The van der Waals surface area contributed by atoms with Gasteiger partial charge in [-0.3, -0.25) is 4.79 Å². The second-order valence-electron chi connectivity index (χ2n) is 5.56. The lowest BCUT2D eigenvalue weighted by Crippen LogP contribution is -2.39. The molecule has 1 amide bonds. The topological polar surface area (TPSA) is 74.2 Å². The number of hydrogen-bond donors (Lipinski definition) is 3. The zero-order valence-corrected chi connectivity index (χ0v) is 13.2. The quantitative estimate of drug-likeness (QED) is 0.798. The number of benzene rings is 1. The molecule has 1 aliphatic rings. The Morgan fingerprint density at radius 1 is 1.45 bits per heavy atom. The number of aryl methyl sites for hydroxylation is 1. The minimum Gasteiger partial charge on any atom is -0.392 e. The predicted octanol–water partition coefficient (Wildman–Crippen LogP) is 1.46. The summed E-state index contributed by atoms with van der Waals surface area (Å²) in [5.74, 6) is -0.0591. The fourth-order valence-corrected chi connectivity index (χ4v) is 3.28. The summed E-state index contributed by atoms with van der Waals surface area (Å²) in [4.78, 5) is 16.4. The molecule has 3 N–H and O–H groups in total. The predicted molar refractivity (Wildman–Crippen MR) is 86.5 cm³/mol. The molecule has 0 aliphatic carbocycles. The standard InChI is InChI=1S/C16H19N3O2S/c1-10-9-22-16(19-10)12-4-2-11(3-5-12)7-18-15(21)14-6-13(20)8-17-14/h2-5,9,13-14,17,20H,6-8H2,1H3,(H,18,21). The van der Waals surface area contributed by atoms with Gasteiger partial charge in [-0.05, 0) is 18.9 Å². The van der Waals surface area contributed by atoms with Gasteiger partial charge in [0.25, 0.3) is 0 Å². The van der Waals surface area contributed by atoms with E-state index in [2.05, 4.69) is 15.6 Å². The van der Waals surface area contributed by atoms with Crippen LogP contribution in [0.2, 0.25) is 0 Å². The third-order valence-electron chi connectivity index (χ3n) is 3.71. The SMILES string of the molecule is Cc1csc(-c2ccc(CNC(=O)C3CC(O)CN3)cc2)n1. The van der Waals surface area contributed by atoms with E-state index in [-0.39, 0.29) is 11.9 Å². The van der Waals surface area contributed by atoms with E-state index in [1.54, 1.807) is 11.3 Å². The van der Waals surface area contributed by atoms with Gasteiger partial charge in [0.15, 0.2) is 0 Å². The maximum Gasteiger partial charge on any atom is 0.237 e. The van der Waals surface area contributed by atoms with Crippen LogP contribution < -0.4 is 10.6 Å². The lowest BCUT2D eigenvalue weighted by atomic mass is 10.1. The summed E-state index contributed by atoms with van der Waals surface area (Å²) in [6.07, 6.45) is 0.0607. The van der Waals surface area contributed by atoms with Gasteiger partial charge in [0, 0.05) is 29.7 Å². The number of carbonyl (C=O) groups excluding carboxylic acids is 1. The number of nitrogens with one attached hydrogen (secondary N) is 2. The largest absolute Gasteiger partial charge is 0.392 e. The van der Waals surface area contributed by atoms with Crippen molar-refractivity contribution in [1.29, 1.82) is 0 Å². The maximum atomic E-state index is 12.0. The van der Waals surface area contributed by atoms with Gasteiger partial charge < -0.3 is 15.7 Å². The van der Waals surface area contributed by atoms with Crippen LogP contribution in [0.5, 0.6) is 0 Å². The highest BCUT2D eigenvalue weighted by Gasteiger charge is 2.27. The van der Waals surface area contributed by atoms with Crippen molar-refractivity contribution in [2.75, 3.05) is 6.54 Å². The highest BCUT2D eigenvalue weighted by molar-refractivity contribution is 7.13. The van der Waals surface area contributed by atoms with Crippen LogP contribution in [0.4, 0.5) is 0 Å². The van der Waals surface area contributed by atoms with E-state index in [9.17, 15) is 9.90 Å². The molecule has 2 aromatic rings. The molecule has 0 spiro atoms. The van der Waals surface area contributed by atoms with Crippen molar-refractivity contribution in [1.82, 2.24) is 15.6 Å². The third kappa shape index (κ3) is 3.52. The Bertz CT molecular complexity index is 654. The average molecular weight is 317 g/mol. The van der Waals surface area contributed by atoms with Gasteiger partial charge in [-0.15, -0.1) is 11.3 Å². The van der Waals surface area contributed by atoms with Crippen molar-refractivity contribution in [3.8, 4) is 10.6 Å². The van der Waals surface area contributed by atoms with E-state index in [4.69, 9.17) is 0 Å². The molecule has 1 saturated heterocycles. The van der Waals surface area contributed by atoms with E-state index in [0.717, 1.165) is 21.8 Å². The van der Waals surface area contributed by atoms with E-state index in [0.29, 0.717) is 19.5 Å². The summed E-state index contributed by atoms with van der Waals surface area (Å²) in [5, 5.41) is 18.4. The minimum atomic E-state index is -0.420. The van der Waals surface area contributed by atoms with Crippen molar-refractivity contribution < 1.29 is 9.90 Å². The highest BCUT2D eigenvalue weighted by Crippen LogP contribution is 2.23. The summed E-state index contributed by atoms with van der Waals surface area (Å²) < 4.78 is 0. The first-order valence-electron chi connectivity index (χ1n) is 7.32. The molecule has 1 aromatic carbocycles. The molecule has 0 saturated carbocycles. The van der Waals surface area contributed by atoms with Crippen LogP contribution >= 0.6 is 11.3 Å². The number of amides is 1. The summed E-state index contributed by atoms with van der Waals surface area (Å²) in [6.45, 7) is 2.96. The normalized spacial score (nSPS) is 21.0. The van der Waals surface area contributed by atoms with Crippen LogP contribution in [0.1, 0.15) is 17.7 Å². The molecule has 0 radical (unpaired) electrons. The molecule has 2 atom stereocenters. The first-order chi connectivity index (χ1) is 10.6. The van der Waals surface area contributed by atoms with Crippen molar-refractivity contribution in [2.45, 2.75) is 32.0 Å². The van der Waals surface area contributed by atoms with Crippen molar-refractivity contribution in [3.63, 3.8) is 0 Å². The van der Waals surface area contributed by atoms with Gasteiger partial charge >= 0.3 is 0 Å². The van der Waals surface area contributed by atoms with Gasteiger partial charge in [-0.1, -0.05) is 24.3 Å². The summed E-state index contributed by atoms with van der Waals surface area (Å²) in [6, 6.07) is 7.77. The number of aliphatic hydroxyl groups excluding tert-OH is 1. The average Bonchev–Trinajstić information content (AvgIpc) is 3.14. The zero-order chi connectivity index (χ0) is 15.5. The highest BCUT2D eigenvalue weighted by atomic mass is 32.1. The van der Waals surface area contributed by atoms with E-state index in [1.165, 1.54) is 0 Å². The Kier molecular flexibility index (Phi) is 4.52. The first-order valence-corrected chi connectivity index (χ1v) is 8.20. The Morgan fingerprint density at radius 2 is 2.23 bits per heavy atom. The van der Waals surface area contributed by atoms with Crippen LogP contribution in [-0.2, 0) is 11.3 Å². The molecule has 22 heavy (non-hydrogen) atoms. The van der Waals surface area contributed by atoms with Crippen LogP contribution in [0.3, 0.4) is 0 Å². The molecule has 2 heterocycles. The zero-order valence-electron chi connectivity index (χ0n) is 12.4. The molecule has 1 fully saturated rings. The molecule has 1 aliphatic heterocycles. The third-order valence-corrected chi connectivity index (χ3v) is 4.72. The molecule has 2 unspecified atom stereocenters. The lowest BCUT2D eigenvalue weighted by Gasteiger charge is -2.11. The van der Waals surface area contributed by atoms with Crippen molar-refractivity contribution in [2.24, 2.45) is 0 Å². The van der Waals surface area contributed by atoms with Gasteiger partial charge in [0.1, 0.15) is 5.01 Å². The fraction of sp³-hybridized carbons (Fsp3) is 0.375. The number of hydrogen-bond acceptors (Lipinski definition) is 5. The van der Waals surface area contributed by atoms with Crippen LogP contribution in [0.25, 0.3) is 10.6 Å². The van der Waals surface area contributed by atoms with Gasteiger partial charge in [-0.25, -0.2) is 4.98 Å². The van der Waals surface area contributed by atoms with Gasteiger partial charge in [0.2, 0.25) is 5.91 Å². The smallest absolute Gasteiger partial charge is 0.237 e. The van der Waals surface area contributed by atoms with E-state index < -0.39 is 6.10 Å².